The number of carbonyl (C=O) groups is 1. The molecule has 1 aromatic heterocycles. The molecule has 1 heterocycles. The molecule has 1 amide bonds. The van der Waals surface area contributed by atoms with Gasteiger partial charge in [-0.2, -0.15) is 0 Å². The molecule has 4 aromatic rings. The van der Waals surface area contributed by atoms with Crippen molar-refractivity contribution in [3.8, 4) is 17.1 Å². The van der Waals surface area contributed by atoms with Crippen LogP contribution in [0.3, 0.4) is 0 Å². The summed E-state index contributed by atoms with van der Waals surface area (Å²) in [5.41, 5.74) is 3.99. The van der Waals surface area contributed by atoms with E-state index in [0.29, 0.717) is 29.3 Å². The number of rotatable bonds is 6. The molecule has 0 fully saturated rings. The molecule has 0 aliphatic heterocycles. The van der Waals surface area contributed by atoms with Crippen LogP contribution in [0, 0.1) is 0 Å². The highest BCUT2D eigenvalue weighted by atomic mass is 16.5. The third-order valence-corrected chi connectivity index (χ3v) is 4.85. The second kappa shape index (κ2) is 8.23. The van der Waals surface area contributed by atoms with Crippen LogP contribution in [-0.4, -0.2) is 12.5 Å². The second-order valence-electron chi connectivity index (χ2n) is 6.77. The van der Waals surface area contributed by atoms with E-state index in [9.17, 15) is 4.79 Å². The van der Waals surface area contributed by atoms with E-state index in [-0.39, 0.29) is 5.91 Å². The van der Waals surface area contributed by atoms with Gasteiger partial charge in [0.2, 0.25) is 0 Å². The summed E-state index contributed by atoms with van der Waals surface area (Å²) in [7, 11) is 0. The van der Waals surface area contributed by atoms with Crippen molar-refractivity contribution >= 4 is 22.6 Å². The molecular formula is C25H23NO3. The number of benzene rings is 3. The summed E-state index contributed by atoms with van der Waals surface area (Å²) in [5.74, 6) is 1.05. The molecule has 4 nitrogen and oxygen atoms in total. The Bertz CT molecular complexity index is 1130. The standard InChI is InChI=1S/C25H23NO3/c1-3-17-10-12-19(13-11-17)26-25(27)23-21-16-20(28-4-2)14-15-22(21)29-24(23)18-8-6-5-7-9-18/h5-16H,3-4H2,1-2H3,(H,26,27). The van der Waals surface area contributed by atoms with Crippen molar-refractivity contribution in [2.24, 2.45) is 0 Å². The largest absolute Gasteiger partial charge is 0.494 e. The van der Waals surface area contributed by atoms with Crippen LogP contribution in [0.2, 0.25) is 0 Å². The molecule has 146 valence electrons. The lowest BCUT2D eigenvalue weighted by Crippen LogP contribution is -2.12. The minimum absolute atomic E-state index is 0.208. The predicted molar refractivity (Wildman–Crippen MR) is 117 cm³/mol. The molecular weight excluding hydrogens is 362 g/mol. The Morgan fingerprint density at radius 1 is 0.966 bits per heavy atom. The van der Waals surface area contributed by atoms with Gasteiger partial charge < -0.3 is 14.5 Å². The molecule has 29 heavy (non-hydrogen) atoms. The van der Waals surface area contributed by atoms with Crippen LogP contribution in [0.15, 0.2) is 77.2 Å². The fourth-order valence-electron chi connectivity index (χ4n) is 3.37. The fourth-order valence-corrected chi connectivity index (χ4v) is 3.37. The zero-order chi connectivity index (χ0) is 20.2. The third kappa shape index (κ3) is 3.87. The molecule has 0 bridgehead atoms. The van der Waals surface area contributed by atoms with Crippen LogP contribution in [0.1, 0.15) is 29.8 Å². The molecule has 1 N–H and O–H groups in total. The van der Waals surface area contributed by atoms with E-state index in [0.717, 1.165) is 23.1 Å². The van der Waals surface area contributed by atoms with E-state index in [1.807, 2.05) is 79.7 Å². The van der Waals surface area contributed by atoms with Gasteiger partial charge in [0.15, 0.2) is 0 Å². The van der Waals surface area contributed by atoms with Gasteiger partial charge in [0, 0.05) is 16.6 Å². The van der Waals surface area contributed by atoms with Crippen LogP contribution < -0.4 is 10.1 Å². The molecule has 4 heteroatoms. The summed E-state index contributed by atoms with van der Waals surface area (Å²) in [6, 6.07) is 23.1. The van der Waals surface area contributed by atoms with Crippen molar-refractivity contribution in [2.75, 3.05) is 11.9 Å². The van der Waals surface area contributed by atoms with E-state index in [1.165, 1.54) is 5.56 Å². The first-order chi connectivity index (χ1) is 14.2. The first-order valence-electron chi connectivity index (χ1n) is 9.84. The molecule has 0 aliphatic rings. The minimum Gasteiger partial charge on any atom is -0.494 e. The summed E-state index contributed by atoms with van der Waals surface area (Å²) >= 11 is 0. The van der Waals surface area contributed by atoms with E-state index >= 15 is 0 Å². The average molecular weight is 385 g/mol. The van der Waals surface area contributed by atoms with Crippen LogP contribution in [0.25, 0.3) is 22.3 Å². The predicted octanol–water partition coefficient (Wildman–Crippen LogP) is 6.31. The van der Waals surface area contributed by atoms with Crippen molar-refractivity contribution in [1.29, 1.82) is 0 Å². The molecule has 0 radical (unpaired) electrons. The monoisotopic (exact) mass is 385 g/mol. The quantitative estimate of drug-likeness (QED) is 0.423. The first-order valence-corrected chi connectivity index (χ1v) is 9.84. The molecule has 0 spiro atoms. The van der Waals surface area contributed by atoms with E-state index < -0.39 is 0 Å². The van der Waals surface area contributed by atoms with Crippen LogP contribution in [0.5, 0.6) is 5.75 Å². The summed E-state index contributed by atoms with van der Waals surface area (Å²) in [4.78, 5) is 13.3. The minimum atomic E-state index is -0.208. The maximum Gasteiger partial charge on any atom is 0.260 e. The normalized spacial score (nSPS) is 10.8. The third-order valence-electron chi connectivity index (χ3n) is 4.85. The topological polar surface area (TPSA) is 51.5 Å². The molecule has 3 aromatic carbocycles. The van der Waals surface area contributed by atoms with Gasteiger partial charge in [-0.1, -0.05) is 49.4 Å². The lowest BCUT2D eigenvalue weighted by Gasteiger charge is -2.08. The van der Waals surface area contributed by atoms with Gasteiger partial charge >= 0.3 is 0 Å². The Morgan fingerprint density at radius 2 is 1.72 bits per heavy atom. The van der Waals surface area contributed by atoms with Gasteiger partial charge in [-0.15, -0.1) is 0 Å². The van der Waals surface area contributed by atoms with Crippen LogP contribution in [-0.2, 0) is 6.42 Å². The maximum atomic E-state index is 13.3. The summed E-state index contributed by atoms with van der Waals surface area (Å²) in [5, 5.41) is 3.74. The van der Waals surface area contributed by atoms with Gasteiger partial charge in [-0.05, 0) is 49.2 Å². The van der Waals surface area contributed by atoms with Crippen LogP contribution in [0.4, 0.5) is 5.69 Å². The molecule has 0 atom stereocenters. The second-order valence-corrected chi connectivity index (χ2v) is 6.77. The van der Waals surface area contributed by atoms with Gasteiger partial charge in [0.1, 0.15) is 17.1 Å². The Labute approximate surface area is 170 Å². The zero-order valence-corrected chi connectivity index (χ0v) is 16.6. The van der Waals surface area contributed by atoms with Gasteiger partial charge in [0.05, 0.1) is 12.2 Å². The van der Waals surface area contributed by atoms with Gasteiger partial charge in [0.25, 0.3) is 5.91 Å². The number of carbonyl (C=O) groups excluding carboxylic acids is 1. The van der Waals surface area contributed by atoms with Crippen molar-refractivity contribution in [3.05, 3.63) is 83.9 Å². The average Bonchev–Trinajstić information content (AvgIpc) is 3.14. The SMILES string of the molecule is CCOc1ccc2oc(-c3ccccc3)c(C(=O)Nc3ccc(CC)cc3)c2c1. The summed E-state index contributed by atoms with van der Waals surface area (Å²) in [6.45, 7) is 4.59. The summed E-state index contributed by atoms with van der Waals surface area (Å²) in [6.07, 6.45) is 0.957. The number of fused-ring (bicyclic) bond motifs is 1. The molecule has 0 saturated carbocycles. The van der Waals surface area contributed by atoms with Gasteiger partial charge in [-0.3, -0.25) is 4.79 Å². The van der Waals surface area contributed by atoms with Crippen LogP contribution >= 0.6 is 0 Å². The molecule has 0 aliphatic carbocycles. The number of anilines is 1. The molecule has 0 unspecified atom stereocenters. The Kier molecular flexibility index (Phi) is 5.34. The van der Waals surface area contributed by atoms with E-state index in [2.05, 4.69) is 12.2 Å². The smallest absolute Gasteiger partial charge is 0.260 e. The van der Waals surface area contributed by atoms with Crippen molar-refractivity contribution in [1.82, 2.24) is 0 Å². The lowest BCUT2D eigenvalue weighted by atomic mass is 10.0. The van der Waals surface area contributed by atoms with E-state index in [4.69, 9.17) is 9.15 Å². The Balaban J connectivity index is 1.80. The number of ether oxygens (including phenoxy) is 1. The Morgan fingerprint density at radius 3 is 2.41 bits per heavy atom. The molecule has 4 rings (SSSR count). The fraction of sp³-hybridized carbons (Fsp3) is 0.160. The lowest BCUT2D eigenvalue weighted by molar-refractivity contribution is 0.102. The number of furan rings is 1. The number of hydrogen-bond acceptors (Lipinski definition) is 3. The summed E-state index contributed by atoms with van der Waals surface area (Å²) < 4.78 is 11.7. The number of nitrogens with one attached hydrogen (secondary N) is 1. The van der Waals surface area contributed by atoms with Gasteiger partial charge in [-0.25, -0.2) is 0 Å². The Hall–Kier alpha value is -3.53. The van der Waals surface area contributed by atoms with Crippen molar-refractivity contribution in [2.45, 2.75) is 20.3 Å². The number of hydrogen-bond donors (Lipinski definition) is 1. The highest BCUT2D eigenvalue weighted by Gasteiger charge is 2.22. The highest BCUT2D eigenvalue weighted by Crippen LogP contribution is 2.36. The zero-order valence-electron chi connectivity index (χ0n) is 16.6. The first kappa shape index (κ1) is 18.8. The maximum absolute atomic E-state index is 13.3. The van der Waals surface area contributed by atoms with E-state index in [1.54, 1.807) is 0 Å². The highest BCUT2D eigenvalue weighted by molar-refractivity contribution is 6.16. The molecule has 0 saturated heterocycles. The number of aryl methyl sites for hydroxylation is 1. The van der Waals surface area contributed by atoms with Crippen molar-refractivity contribution < 1.29 is 13.9 Å². The van der Waals surface area contributed by atoms with Crippen molar-refractivity contribution in [3.63, 3.8) is 0 Å². The number of amides is 1.